The maximum Gasteiger partial charge on any atom is 0.119 e. The lowest BCUT2D eigenvalue weighted by Gasteiger charge is -2.20. The van der Waals surface area contributed by atoms with Crippen molar-refractivity contribution in [3.05, 3.63) is 96.1 Å². The first-order valence-electron chi connectivity index (χ1n) is 9.86. The van der Waals surface area contributed by atoms with Gasteiger partial charge >= 0.3 is 0 Å². The van der Waals surface area contributed by atoms with Crippen molar-refractivity contribution in [3.63, 3.8) is 0 Å². The number of nitrogens with one attached hydrogen (secondary N) is 1. The molecule has 0 radical (unpaired) electrons. The Bertz CT molecular complexity index is 763. The Hall–Kier alpha value is -2.78. The van der Waals surface area contributed by atoms with Crippen LogP contribution in [0.2, 0.25) is 0 Å². The van der Waals surface area contributed by atoms with E-state index in [1.807, 2.05) is 24.3 Å². The van der Waals surface area contributed by atoms with Crippen LogP contribution in [0.4, 0.5) is 0 Å². The van der Waals surface area contributed by atoms with Crippen LogP contribution in [0, 0.1) is 0 Å². The summed E-state index contributed by atoms with van der Waals surface area (Å²) in [5.41, 5.74) is 2.72. The standard InChI is InChI=1S/C25H29NO2/c1-20(19-28-24-15-13-23(27-2)14-16-24)26-18-17-25(21-9-5-3-6-10-21)22-11-7-4-8-12-22/h3-16,20,25-26H,17-19H2,1-2H3/t20-/m1/s1. The van der Waals surface area contributed by atoms with Crippen LogP contribution in [-0.2, 0) is 0 Å². The molecule has 0 aliphatic heterocycles. The summed E-state index contributed by atoms with van der Waals surface area (Å²) in [5, 5.41) is 3.60. The molecule has 0 aromatic heterocycles. The maximum absolute atomic E-state index is 5.88. The molecule has 1 atom stereocenters. The van der Waals surface area contributed by atoms with Gasteiger partial charge in [-0.2, -0.15) is 0 Å². The Morgan fingerprint density at radius 3 is 1.82 bits per heavy atom. The summed E-state index contributed by atoms with van der Waals surface area (Å²) >= 11 is 0. The minimum absolute atomic E-state index is 0.272. The Balaban J connectivity index is 1.50. The van der Waals surface area contributed by atoms with E-state index >= 15 is 0 Å². The zero-order valence-electron chi connectivity index (χ0n) is 16.7. The Morgan fingerprint density at radius 1 is 0.750 bits per heavy atom. The fourth-order valence-electron chi connectivity index (χ4n) is 3.32. The van der Waals surface area contributed by atoms with E-state index in [4.69, 9.17) is 9.47 Å². The lowest BCUT2D eigenvalue weighted by atomic mass is 9.88. The molecule has 0 aliphatic carbocycles. The lowest BCUT2D eigenvalue weighted by molar-refractivity contribution is 0.272. The highest BCUT2D eigenvalue weighted by molar-refractivity contribution is 5.32. The Morgan fingerprint density at radius 2 is 1.29 bits per heavy atom. The van der Waals surface area contributed by atoms with Gasteiger partial charge in [-0.3, -0.25) is 0 Å². The number of rotatable bonds is 10. The van der Waals surface area contributed by atoms with Gasteiger partial charge in [0.1, 0.15) is 18.1 Å². The molecule has 28 heavy (non-hydrogen) atoms. The number of hydrogen-bond donors (Lipinski definition) is 1. The van der Waals surface area contributed by atoms with Gasteiger partial charge in [0.2, 0.25) is 0 Å². The van der Waals surface area contributed by atoms with Gasteiger partial charge in [0.05, 0.1) is 7.11 Å². The Labute approximate surface area is 168 Å². The summed E-state index contributed by atoms with van der Waals surface area (Å²) in [6.45, 7) is 3.72. The molecule has 1 N–H and O–H groups in total. The van der Waals surface area contributed by atoms with Gasteiger partial charge in [-0.1, -0.05) is 60.7 Å². The molecular formula is C25H29NO2. The monoisotopic (exact) mass is 375 g/mol. The normalized spacial score (nSPS) is 12.0. The van der Waals surface area contributed by atoms with Crippen molar-refractivity contribution in [2.75, 3.05) is 20.3 Å². The van der Waals surface area contributed by atoms with E-state index in [2.05, 4.69) is 72.9 Å². The van der Waals surface area contributed by atoms with Crippen molar-refractivity contribution in [3.8, 4) is 11.5 Å². The van der Waals surface area contributed by atoms with E-state index in [9.17, 15) is 0 Å². The first-order valence-corrected chi connectivity index (χ1v) is 9.86. The second-order valence-corrected chi connectivity index (χ2v) is 7.00. The molecule has 0 unspecified atom stereocenters. The smallest absolute Gasteiger partial charge is 0.119 e. The van der Waals surface area contributed by atoms with E-state index < -0.39 is 0 Å². The van der Waals surface area contributed by atoms with Crippen LogP contribution in [0.5, 0.6) is 11.5 Å². The van der Waals surface area contributed by atoms with Crippen molar-refractivity contribution in [2.45, 2.75) is 25.3 Å². The van der Waals surface area contributed by atoms with Crippen LogP contribution >= 0.6 is 0 Å². The van der Waals surface area contributed by atoms with Crippen molar-refractivity contribution < 1.29 is 9.47 Å². The van der Waals surface area contributed by atoms with Gasteiger partial charge < -0.3 is 14.8 Å². The van der Waals surface area contributed by atoms with Crippen LogP contribution in [-0.4, -0.2) is 26.3 Å². The molecule has 3 heteroatoms. The summed E-state index contributed by atoms with van der Waals surface area (Å²) in [5.74, 6) is 2.09. The summed E-state index contributed by atoms with van der Waals surface area (Å²) in [7, 11) is 1.67. The number of methoxy groups -OCH3 is 1. The number of hydrogen-bond acceptors (Lipinski definition) is 3. The molecule has 0 heterocycles. The predicted molar refractivity (Wildman–Crippen MR) is 115 cm³/mol. The third-order valence-corrected chi connectivity index (χ3v) is 4.89. The van der Waals surface area contributed by atoms with Crippen LogP contribution in [0.3, 0.4) is 0 Å². The van der Waals surface area contributed by atoms with Gasteiger partial charge in [0, 0.05) is 12.0 Å². The number of ether oxygens (including phenoxy) is 2. The van der Waals surface area contributed by atoms with Crippen LogP contribution in [0.25, 0.3) is 0 Å². The molecule has 3 aromatic rings. The van der Waals surface area contributed by atoms with Crippen LogP contribution in [0.15, 0.2) is 84.9 Å². The first-order chi connectivity index (χ1) is 13.8. The molecule has 0 saturated heterocycles. The molecule has 0 saturated carbocycles. The van der Waals surface area contributed by atoms with E-state index in [1.165, 1.54) is 11.1 Å². The highest BCUT2D eigenvalue weighted by Crippen LogP contribution is 2.27. The average Bonchev–Trinajstić information content (AvgIpc) is 2.77. The predicted octanol–water partition coefficient (Wildman–Crippen LogP) is 5.27. The molecule has 0 spiro atoms. The maximum atomic E-state index is 5.88. The van der Waals surface area contributed by atoms with Crippen molar-refractivity contribution in [1.29, 1.82) is 0 Å². The van der Waals surface area contributed by atoms with Gasteiger partial charge in [-0.05, 0) is 55.3 Å². The third kappa shape index (κ3) is 5.86. The third-order valence-electron chi connectivity index (χ3n) is 4.89. The van der Waals surface area contributed by atoms with Gasteiger partial charge in [-0.25, -0.2) is 0 Å². The van der Waals surface area contributed by atoms with Crippen molar-refractivity contribution in [2.24, 2.45) is 0 Å². The van der Waals surface area contributed by atoms with Crippen LogP contribution < -0.4 is 14.8 Å². The topological polar surface area (TPSA) is 30.5 Å². The average molecular weight is 376 g/mol. The molecule has 0 aliphatic rings. The summed E-state index contributed by atoms with van der Waals surface area (Å²) in [4.78, 5) is 0. The van der Waals surface area contributed by atoms with Crippen LogP contribution in [0.1, 0.15) is 30.4 Å². The molecule has 3 aromatic carbocycles. The van der Waals surface area contributed by atoms with E-state index in [-0.39, 0.29) is 6.04 Å². The fraction of sp³-hybridized carbons (Fsp3) is 0.280. The minimum atomic E-state index is 0.272. The summed E-state index contributed by atoms with van der Waals surface area (Å²) in [6.07, 6.45) is 1.04. The fourth-order valence-corrected chi connectivity index (χ4v) is 3.32. The van der Waals surface area contributed by atoms with E-state index in [1.54, 1.807) is 7.11 Å². The van der Waals surface area contributed by atoms with Crippen molar-refractivity contribution in [1.82, 2.24) is 5.32 Å². The Kier molecular flexibility index (Phi) is 7.51. The first kappa shape index (κ1) is 20.0. The van der Waals surface area contributed by atoms with Gasteiger partial charge in [0.25, 0.3) is 0 Å². The molecule has 3 nitrogen and oxygen atoms in total. The lowest BCUT2D eigenvalue weighted by Crippen LogP contribution is -2.33. The molecule has 0 amide bonds. The highest BCUT2D eigenvalue weighted by Gasteiger charge is 2.14. The largest absolute Gasteiger partial charge is 0.497 e. The van der Waals surface area contributed by atoms with Gasteiger partial charge in [0.15, 0.2) is 0 Å². The summed E-state index contributed by atoms with van der Waals surface area (Å²) in [6, 6.07) is 29.4. The van der Waals surface area contributed by atoms with E-state index in [0.717, 1.165) is 24.5 Å². The quantitative estimate of drug-likeness (QED) is 0.523. The second-order valence-electron chi connectivity index (χ2n) is 7.00. The molecular weight excluding hydrogens is 346 g/mol. The number of benzene rings is 3. The SMILES string of the molecule is COc1ccc(OC[C@@H](C)NCCC(c2ccccc2)c2ccccc2)cc1. The molecule has 3 rings (SSSR count). The summed E-state index contributed by atoms with van der Waals surface area (Å²) < 4.78 is 11.1. The molecule has 0 bridgehead atoms. The minimum Gasteiger partial charge on any atom is -0.497 e. The van der Waals surface area contributed by atoms with Gasteiger partial charge in [-0.15, -0.1) is 0 Å². The zero-order chi connectivity index (χ0) is 19.6. The second kappa shape index (κ2) is 10.5. The molecule has 146 valence electrons. The van der Waals surface area contributed by atoms with Crippen molar-refractivity contribution >= 4 is 0 Å². The highest BCUT2D eigenvalue weighted by atomic mass is 16.5. The molecule has 0 fully saturated rings. The van der Waals surface area contributed by atoms with E-state index in [0.29, 0.717) is 12.5 Å². The zero-order valence-corrected chi connectivity index (χ0v) is 16.7.